The Morgan fingerprint density at radius 1 is 1.07 bits per heavy atom. The summed E-state index contributed by atoms with van der Waals surface area (Å²) in [7, 11) is -0.155. The fourth-order valence-corrected chi connectivity index (χ4v) is 4.36. The minimum absolute atomic E-state index is 0.0627. The highest BCUT2D eigenvalue weighted by molar-refractivity contribution is 7.64. The fourth-order valence-electron chi connectivity index (χ4n) is 2.78. The number of ketones is 1. The summed E-state index contributed by atoms with van der Waals surface area (Å²) in [6, 6.07) is 14.6. The standard InChI is InChI=1S/C20H27NO5P/c1-15(17-9-10-19(25-2)20(11-17)26-3)21-12-18(22)14-27(23,24)13-16-7-5-4-6-8-16/h4-11,15,21,23-24H,12-14H2,1-3H3/q+1. The van der Waals surface area contributed by atoms with Crippen LogP contribution in [0.15, 0.2) is 48.5 Å². The first-order chi connectivity index (χ1) is 12.8. The molecular formula is C20H27NO5P+. The van der Waals surface area contributed by atoms with E-state index >= 15 is 0 Å². The Kier molecular flexibility index (Phi) is 7.75. The number of rotatable bonds is 10. The van der Waals surface area contributed by atoms with Gasteiger partial charge in [-0.3, -0.25) is 4.79 Å². The maximum atomic E-state index is 12.2. The van der Waals surface area contributed by atoms with Gasteiger partial charge in [-0.25, -0.2) is 9.79 Å². The van der Waals surface area contributed by atoms with Crippen LogP contribution in [0.4, 0.5) is 0 Å². The van der Waals surface area contributed by atoms with Gasteiger partial charge >= 0.3 is 0 Å². The van der Waals surface area contributed by atoms with E-state index in [0.29, 0.717) is 11.5 Å². The lowest BCUT2D eigenvalue weighted by Crippen LogP contribution is -2.28. The first-order valence-corrected chi connectivity index (χ1v) is 10.7. The summed E-state index contributed by atoms with van der Waals surface area (Å²) in [6.07, 6.45) is -0.113. The largest absolute Gasteiger partial charge is 0.493 e. The van der Waals surface area contributed by atoms with E-state index in [-0.39, 0.29) is 30.7 Å². The number of carbonyl (C=O) groups is 1. The van der Waals surface area contributed by atoms with Gasteiger partial charge in [0.05, 0.1) is 20.8 Å². The Morgan fingerprint density at radius 2 is 1.74 bits per heavy atom. The van der Waals surface area contributed by atoms with Gasteiger partial charge in [-0.15, -0.1) is 0 Å². The molecule has 0 saturated heterocycles. The molecule has 0 amide bonds. The van der Waals surface area contributed by atoms with Gasteiger partial charge in [0.1, 0.15) is 6.16 Å². The van der Waals surface area contributed by atoms with Crippen molar-refractivity contribution in [2.45, 2.75) is 19.1 Å². The number of carbonyl (C=O) groups excluding carboxylic acids is 1. The SMILES string of the molecule is COc1ccc(C(C)NCC(=O)C[P+](O)(O)Cc2ccccc2)cc1OC. The quantitative estimate of drug-likeness (QED) is 0.539. The van der Waals surface area contributed by atoms with Gasteiger partial charge in [-0.05, 0) is 30.2 Å². The molecule has 2 aromatic carbocycles. The zero-order valence-electron chi connectivity index (χ0n) is 15.9. The van der Waals surface area contributed by atoms with Crippen LogP contribution >= 0.6 is 7.72 Å². The smallest absolute Gasteiger partial charge is 0.279 e. The predicted octanol–water partition coefficient (Wildman–Crippen LogP) is 2.96. The van der Waals surface area contributed by atoms with Crippen molar-refractivity contribution in [3.05, 3.63) is 59.7 Å². The number of hydrogen-bond donors (Lipinski definition) is 3. The second-order valence-corrected chi connectivity index (χ2v) is 8.83. The Hall–Kier alpha value is -1.98. The Labute approximate surface area is 160 Å². The number of methoxy groups -OCH3 is 2. The average Bonchev–Trinajstić information content (AvgIpc) is 2.65. The van der Waals surface area contributed by atoms with E-state index in [1.807, 2.05) is 55.5 Å². The predicted molar refractivity (Wildman–Crippen MR) is 107 cm³/mol. The highest BCUT2D eigenvalue weighted by atomic mass is 31.2. The lowest BCUT2D eigenvalue weighted by atomic mass is 10.1. The molecular weight excluding hydrogens is 365 g/mol. The molecule has 0 saturated carbocycles. The molecule has 0 aromatic heterocycles. The van der Waals surface area contributed by atoms with Gasteiger partial charge < -0.3 is 14.8 Å². The van der Waals surface area contributed by atoms with Crippen LogP contribution in [0.25, 0.3) is 0 Å². The molecule has 7 heteroatoms. The van der Waals surface area contributed by atoms with Crippen LogP contribution in [0.5, 0.6) is 11.5 Å². The number of ether oxygens (including phenoxy) is 2. The van der Waals surface area contributed by atoms with E-state index in [1.165, 1.54) is 0 Å². The van der Waals surface area contributed by atoms with Crippen molar-refractivity contribution < 1.29 is 24.1 Å². The van der Waals surface area contributed by atoms with E-state index < -0.39 is 7.72 Å². The molecule has 0 aliphatic carbocycles. The highest BCUT2D eigenvalue weighted by Gasteiger charge is 2.36. The van der Waals surface area contributed by atoms with E-state index in [1.54, 1.807) is 14.2 Å². The normalized spacial score (nSPS) is 12.5. The third-order valence-corrected chi connectivity index (χ3v) is 5.95. The van der Waals surface area contributed by atoms with E-state index in [9.17, 15) is 14.6 Å². The van der Waals surface area contributed by atoms with Crippen LogP contribution in [0.1, 0.15) is 24.1 Å². The van der Waals surface area contributed by atoms with E-state index in [4.69, 9.17) is 9.47 Å². The van der Waals surface area contributed by atoms with Crippen molar-refractivity contribution in [2.24, 2.45) is 0 Å². The summed E-state index contributed by atoms with van der Waals surface area (Å²) in [5.74, 6) is 1.03. The summed E-state index contributed by atoms with van der Waals surface area (Å²) >= 11 is 0. The Bertz CT molecular complexity index is 751. The average molecular weight is 392 g/mol. The first kappa shape index (κ1) is 21.3. The summed E-state index contributed by atoms with van der Waals surface area (Å²) in [6.45, 7) is 1.99. The summed E-state index contributed by atoms with van der Waals surface area (Å²) < 4.78 is 10.5. The number of Topliss-reactive ketones (excluding diaryl/α,β-unsaturated/α-hetero) is 1. The molecule has 2 rings (SSSR count). The van der Waals surface area contributed by atoms with Crippen LogP contribution in [0.2, 0.25) is 0 Å². The molecule has 0 aliphatic rings. The first-order valence-electron chi connectivity index (χ1n) is 8.68. The third-order valence-electron chi connectivity index (χ3n) is 4.22. The molecule has 0 aliphatic heterocycles. The molecule has 0 radical (unpaired) electrons. The molecule has 146 valence electrons. The second-order valence-electron chi connectivity index (χ2n) is 6.44. The zero-order valence-corrected chi connectivity index (χ0v) is 16.8. The molecule has 2 aromatic rings. The maximum Gasteiger partial charge on any atom is 0.279 e. The minimum atomic E-state index is -3.30. The lowest BCUT2D eigenvalue weighted by Gasteiger charge is -2.17. The van der Waals surface area contributed by atoms with Gasteiger partial charge in [0.25, 0.3) is 7.72 Å². The number of benzene rings is 2. The Morgan fingerprint density at radius 3 is 2.37 bits per heavy atom. The zero-order chi connectivity index (χ0) is 19.9. The van der Waals surface area contributed by atoms with Gasteiger partial charge in [0, 0.05) is 6.04 Å². The van der Waals surface area contributed by atoms with Crippen molar-refractivity contribution in [3.8, 4) is 11.5 Å². The third kappa shape index (κ3) is 6.60. The highest BCUT2D eigenvalue weighted by Crippen LogP contribution is 2.52. The van der Waals surface area contributed by atoms with Gasteiger partial charge in [-0.2, -0.15) is 0 Å². The Balaban J connectivity index is 1.89. The van der Waals surface area contributed by atoms with Crippen LogP contribution in [0, 0.1) is 0 Å². The van der Waals surface area contributed by atoms with Crippen LogP contribution < -0.4 is 14.8 Å². The lowest BCUT2D eigenvalue weighted by molar-refractivity contribution is -0.116. The summed E-state index contributed by atoms with van der Waals surface area (Å²) in [5.41, 5.74) is 1.76. The van der Waals surface area contributed by atoms with E-state index in [0.717, 1.165) is 11.1 Å². The van der Waals surface area contributed by atoms with Crippen LogP contribution in [0.3, 0.4) is 0 Å². The second kappa shape index (κ2) is 9.81. The topological polar surface area (TPSA) is 88.0 Å². The van der Waals surface area contributed by atoms with Crippen molar-refractivity contribution in [1.82, 2.24) is 5.32 Å². The number of hydrogen-bond acceptors (Lipinski definition) is 6. The molecule has 1 unspecified atom stereocenters. The molecule has 0 spiro atoms. The molecule has 0 heterocycles. The van der Waals surface area contributed by atoms with Crippen molar-refractivity contribution in [3.63, 3.8) is 0 Å². The van der Waals surface area contributed by atoms with Crippen LogP contribution in [-0.2, 0) is 11.0 Å². The minimum Gasteiger partial charge on any atom is -0.493 e. The molecule has 0 fully saturated rings. The molecule has 27 heavy (non-hydrogen) atoms. The van der Waals surface area contributed by atoms with Crippen molar-refractivity contribution in [2.75, 3.05) is 26.9 Å². The van der Waals surface area contributed by atoms with E-state index in [2.05, 4.69) is 5.32 Å². The maximum absolute atomic E-state index is 12.2. The summed E-state index contributed by atoms with van der Waals surface area (Å²) in [5, 5.41) is 3.12. The summed E-state index contributed by atoms with van der Waals surface area (Å²) in [4.78, 5) is 32.7. The monoisotopic (exact) mass is 392 g/mol. The molecule has 0 bridgehead atoms. The molecule has 3 N–H and O–H groups in total. The van der Waals surface area contributed by atoms with Crippen molar-refractivity contribution >= 4 is 13.5 Å². The van der Waals surface area contributed by atoms with Gasteiger partial charge in [0.2, 0.25) is 0 Å². The molecule has 1 atom stereocenters. The van der Waals surface area contributed by atoms with Crippen LogP contribution in [-0.4, -0.2) is 42.5 Å². The molecule has 6 nitrogen and oxygen atoms in total. The number of nitrogens with one attached hydrogen (secondary N) is 1. The van der Waals surface area contributed by atoms with Crippen molar-refractivity contribution in [1.29, 1.82) is 0 Å². The fraction of sp³-hybridized carbons (Fsp3) is 0.350. The van der Waals surface area contributed by atoms with Gasteiger partial charge in [0.15, 0.2) is 23.4 Å². The van der Waals surface area contributed by atoms with Gasteiger partial charge in [-0.1, -0.05) is 36.4 Å².